The Hall–Kier alpha value is -2.49. The van der Waals surface area contributed by atoms with Crippen LogP contribution in [-0.4, -0.2) is 14.5 Å². The first kappa shape index (κ1) is 10.3. The second-order valence-electron chi connectivity index (χ2n) is 5.81. The van der Waals surface area contributed by atoms with Gasteiger partial charge in [-0.2, -0.15) is 0 Å². The van der Waals surface area contributed by atoms with Crippen molar-refractivity contribution in [3.8, 4) is 11.3 Å². The molecular weight excluding hydrogens is 272 g/mol. The van der Waals surface area contributed by atoms with Gasteiger partial charge in [-0.25, -0.2) is 9.55 Å². The zero-order chi connectivity index (χ0) is 17.9. The van der Waals surface area contributed by atoms with E-state index in [-0.39, 0.29) is 0 Å². The average Bonchev–Trinajstić information content (AvgIpc) is 3.08. The summed E-state index contributed by atoms with van der Waals surface area (Å²) in [5, 5.41) is 0. The third-order valence-electron chi connectivity index (χ3n) is 4.31. The van der Waals surface area contributed by atoms with E-state index in [9.17, 15) is 0 Å². The predicted molar refractivity (Wildman–Crippen MR) is 87.4 cm³/mol. The second kappa shape index (κ2) is 4.50. The normalized spacial score (nSPS) is 15.7. The number of hydrogen-bond donors (Lipinski definition) is 0. The smallest absolute Gasteiger partial charge is 0.286 e. The highest BCUT2D eigenvalue weighted by molar-refractivity contribution is 5.88. The summed E-state index contributed by atoms with van der Waals surface area (Å²) in [5.41, 5.74) is 5.23. The van der Waals surface area contributed by atoms with Crippen LogP contribution >= 0.6 is 0 Å². The summed E-state index contributed by atoms with van der Waals surface area (Å²) >= 11 is 0. The molecule has 0 amide bonds. The van der Waals surface area contributed by atoms with Gasteiger partial charge in [-0.1, -0.05) is 11.1 Å². The van der Waals surface area contributed by atoms with Crippen LogP contribution in [0.2, 0.25) is 0 Å². The summed E-state index contributed by atoms with van der Waals surface area (Å²) in [6.07, 6.45) is 6.48. The van der Waals surface area contributed by atoms with E-state index in [1.54, 1.807) is 6.33 Å². The first-order valence-corrected chi connectivity index (χ1v) is 7.31. The number of benzene rings is 1. The number of allylic oxidation sites excluding steroid dienone is 1. The van der Waals surface area contributed by atoms with Crippen LogP contribution in [-0.2, 0) is 13.5 Å². The van der Waals surface area contributed by atoms with E-state index < -0.39 is 6.85 Å². The van der Waals surface area contributed by atoms with Crippen molar-refractivity contribution >= 4 is 17.2 Å². The van der Waals surface area contributed by atoms with Gasteiger partial charge in [0.05, 0.1) is 18.1 Å². The minimum absolute atomic E-state index is 0.338. The number of fused-ring (bicyclic) bond motifs is 3. The molecule has 110 valence electrons. The lowest BCUT2D eigenvalue weighted by Gasteiger charge is -2.10. The van der Waals surface area contributed by atoms with Crippen LogP contribution in [0.1, 0.15) is 26.8 Å². The van der Waals surface area contributed by atoms with Crippen LogP contribution in [0.4, 0.5) is 0 Å². The number of imidazole rings is 1. The maximum Gasteiger partial charge on any atom is 0.286 e. The quantitative estimate of drug-likeness (QED) is 0.647. The molecule has 0 saturated heterocycles. The molecule has 4 heteroatoms. The molecule has 0 saturated carbocycles. The largest absolute Gasteiger partial charge is 0.303 e. The van der Waals surface area contributed by atoms with E-state index in [1.165, 1.54) is 0 Å². The maximum absolute atomic E-state index is 8.05. The summed E-state index contributed by atoms with van der Waals surface area (Å²) in [7, 11) is 1.92. The molecule has 0 N–H and O–H groups in total. The first-order chi connectivity index (χ1) is 11.8. The minimum Gasteiger partial charge on any atom is -0.303 e. The van der Waals surface area contributed by atoms with Crippen LogP contribution in [0.5, 0.6) is 0 Å². The molecule has 4 rings (SSSR count). The number of rotatable bonds is 1. The molecule has 4 nitrogen and oxygen atoms in total. The van der Waals surface area contributed by atoms with Gasteiger partial charge in [-0.05, 0) is 31.0 Å². The molecule has 0 aliphatic carbocycles. The van der Waals surface area contributed by atoms with E-state index in [1.807, 2.05) is 54.4 Å². The summed E-state index contributed by atoms with van der Waals surface area (Å²) < 4.78 is 28.1. The Kier molecular flexibility index (Phi) is 2.10. The van der Waals surface area contributed by atoms with Gasteiger partial charge in [-0.3, -0.25) is 0 Å². The maximum atomic E-state index is 8.05. The predicted octanol–water partition coefficient (Wildman–Crippen LogP) is 2.87. The molecule has 2 aromatic heterocycles. The fraction of sp³-hybridized carbons (Fsp3) is 0.278. The van der Waals surface area contributed by atoms with E-state index in [0.717, 1.165) is 40.3 Å². The van der Waals surface area contributed by atoms with Crippen LogP contribution < -0.4 is 4.57 Å². The van der Waals surface area contributed by atoms with Crippen molar-refractivity contribution in [2.75, 3.05) is 0 Å². The Morgan fingerprint density at radius 2 is 2.14 bits per heavy atom. The monoisotopic (exact) mass is 294 g/mol. The zero-order valence-corrected chi connectivity index (χ0v) is 12.9. The average molecular weight is 294 g/mol. The van der Waals surface area contributed by atoms with E-state index in [2.05, 4.69) is 9.97 Å². The highest BCUT2D eigenvalue weighted by Gasteiger charge is 2.20. The van der Waals surface area contributed by atoms with Crippen molar-refractivity contribution in [3.05, 3.63) is 47.2 Å². The van der Waals surface area contributed by atoms with E-state index in [0.29, 0.717) is 11.1 Å². The SMILES string of the molecule is [2H]C([2H])([2H])c1c(C)c(-c2cc(C)nc[n+]2C)cc2c1nc1n2C=CC1. The summed E-state index contributed by atoms with van der Waals surface area (Å²) in [6, 6.07) is 4.02. The number of nitrogens with zero attached hydrogens (tertiary/aromatic N) is 4. The summed E-state index contributed by atoms with van der Waals surface area (Å²) in [6.45, 7) is 1.58. The van der Waals surface area contributed by atoms with Gasteiger partial charge in [0.25, 0.3) is 6.33 Å². The molecule has 1 aliphatic heterocycles. The van der Waals surface area contributed by atoms with Crippen molar-refractivity contribution in [1.29, 1.82) is 0 Å². The van der Waals surface area contributed by atoms with Gasteiger partial charge >= 0.3 is 0 Å². The lowest BCUT2D eigenvalue weighted by molar-refractivity contribution is -0.663. The van der Waals surface area contributed by atoms with Crippen LogP contribution in [0.15, 0.2) is 24.5 Å². The Labute approximate surface area is 134 Å². The zero-order valence-electron chi connectivity index (χ0n) is 15.9. The fourth-order valence-electron chi connectivity index (χ4n) is 3.06. The van der Waals surface area contributed by atoms with Gasteiger partial charge in [0.2, 0.25) is 0 Å². The fourth-order valence-corrected chi connectivity index (χ4v) is 3.06. The van der Waals surface area contributed by atoms with Crippen LogP contribution in [0.3, 0.4) is 0 Å². The number of hydrogen-bond acceptors (Lipinski definition) is 2. The lowest BCUT2D eigenvalue weighted by atomic mass is 9.98. The van der Waals surface area contributed by atoms with Crippen molar-refractivity contribution in [1.82, 2.24) is 14.5 Å². The highest BCUT2D eigenvalue weighted by Crippen LogP contribution is 2.32. The number of aromatic nitrogens is 4. The summed E-state index contributed by atoms with van der Waals surface area (Å²) in [5.74, 6) is 0.882. The van der Waals surface area contributed by atoms with Crippen molar-refractivity contribution < 1.29 is 8.68 Å². The molecular formula is C18H19N4+. The Balaban J connectivity index is 2.14. The molecule has 0 fully saturated rings. The molecule has 3 aromatic rings. The van der Waals surface area contributed by atoms with Gasteiger partial charge in [0.1, 0.15) is 11.5 Å². The molecule has 0 bridgehead atoms. The molecule has 0 radical (unpaired) electrons. The third kappa shape index (κ3) is 1.73. The Morgan fingerprint density at radius 3 is 2.95 bits per heavy atom. The molecule has 0 spiro atoms. The van der Waals surface area contributed by atoms with Crippen molar-refractivity contribution in [3.63, 3.8) is 0 Å². The topological polar surface area (TPSA) is 34.6 Å². The highest BCUT2D eigenvalue weighted by atomic mass is 15.1. The van der Waals surface area contributed by atoms with Crippen LogP contribution in [0, 0.1) is 20.7 Å². The van der Waals surface area contributed by atoms with Crippen LogP contribution in [0.25, 0.3) is 28.5 Å². The standard InChI is InChI=1S/C18H19N4/c1-11-8-15(21(4)10-19-11)14-9-16-18(13(3)12(14)2)20-17-6-5-7-22(16)17/h5,7-10H,6H2,1-4H3/q+1/i3D3. The molecule has 3 heterocycles. The molecule has 0 atom stereocenters. The Bertz CT molecular complexity index is 1040. The van der Waals surface area contributed by atoms with E-state index >= 15 is 0 Å². The minimum atomic E-state index is -2.22. The molecule has 0 unspecified atom stereocenters. The third-order valence-corrected chi connectivity index (χ3v) is 4.31. The molecule has 22 heavy (non-hydrogen) atoms. The van der Waals surface area contributed by atoms with Gasteiger partial charge in [-0.15, -0.1) is 0 Å². The first-order valence-electron chi connectivity index (χ1n) is 8.81. The van der Waals surface area contributed by atoms with E-state index in [4.69, 9.17) is 4.11 Å². The van der Waals surface area contributed by atoms with Crippen molar-refractivity contribution in [2.45, 2.75) is 27.1 Å². The molecule has 1 aromatic carbocycles. The lowest BCUT2D eigenvalue weighted by Crippen LogP contribution is -2.31. The van der Waals surface area contributed by atoms with Gasteiger partial charge < -0.3 is 4.57 Å². The summed E-state index contributed by atoms with van der Waals surface area (Å²) in [4.78, 5) is 8.92. The van der Waals surface area contributed by atoms with Gasteiger partial charge in [0, 0.05) is 35.3 Å². The van der Waals surface area contributed by atoms with Crippen molar-refractivity contribution in [2.24, 2.45) is 7.05 Å². The Morgan fingerprint density at radius 1 is 1.27 bits per heavy atom. The van der Waals surface area contributed by atoms with Gasteiger partial charge in [0.15, 0.2) is 5.69 Å². The molecule has 1 aliphatic rings. The number of aryl methyl sites for hydroxylation is 3. The second-order valence-corrected chi connectivity index (χ2v) is 5.81.